The second-order valence-corrected chi connectivity index (χ2v) is 5.44. The number of aliphatic hydroxyl groups excluding tert-OH is 1. The summed E-state index contributed by atoms with van der Waals surface area (Å²) in [5.41, 5.74) is 0.784. The van der Waals surface area contributed by atoms with Crippen LogP contribution in [0.3, 0.4) is 0 Å². The van der Waals surface area contributed by atoms with Gasteiger partial charge in [-0.2, -0.15) is 0 Å². The Morgan fingerprint density at radius 3 is 2.52 bits per heavy atom. The minimum atomic E-state index is -0.307. The van der Waals surface area contributed by atoms with Gasteiger partial charge in [0.2, 0.25) is 0 Å². The van der Waals surface area contributed by atoms with Crippen LogP contribution >= 0.6 is 0 Å². The lowest BCUT2D eigenvalue weighted by Crippen LogP contribution is -2.35. The van der Waals surface area contributed by atoms with Crippen molar-refractivity contribution in [1.29, 1.82) is 0 Å². The van der Waals surface area contributed by atoms with Gasteiger partial charge >= 0.3 is 0 Å². The maximum atomic E-state index is 12.1. The Morgan fingerprint density at radius 2 is 2.00 bits per heavy atom. The normalized spacial score (nSPS) is 15.6. The molecule has 0 radical (unpaired) electrons. The molecule has 0 aromatic heterocycles. The maximum absolute atomic E-state index is 12.1. The number of nitrogens with one attached hydrogen (secondary N) is 1. The highest BCUT2D eigenvalue weighted by atomic mass is 16.5. The van der Waals surface area contributed by atoms with E-state index < -0.39 is 0 Å². The summed E-state index contributed by atoms with van der Waals surface area (Å²) in [6, 6.07) is 7.23. The van der Waals surface area contributed by atoms with Crippen LogP contribution in [0.15, 0.2) is 47.9 Å². The Balaban J connectivity index is 1.85. The Morgan fingerprint density at radius 1 is 1.39 bits per heavy atom. The molecule has 0 aliphatic carbocycles. The Bertz CT molecular complexity index is 622. The van der Waals surface area contributed by atoms with E-state index in [1.807, 2.05) is 19.1 Å². The number of hydrogen-bond acceptors (Lipinski definition) is 5. The Kier molecular flexibility index (Phi) is 5.16. The van der Waals surface area contributed by atoms with Crippen molar-refractivity contribution in [2.24, 2.45) is 0 Å². The first-order valence-electron chi connectivity index (χ1n) is 7.33. The number of aliphatic hydroxyl groups is 1. The monoisotopic (exact) mass is 318 g/mol. The first-order chi connectivity index (χ1) is 10.9. The Hall–Kier alpha value is -2.63. The van der Waals surface area contributed by atoms with Gasteiger partial charge in [0.05, 0.1) is 31.5 Å². The summed E-state index contributed by atoms with van der Waals surface area (Å²) in [5, 5.41) is 12.6. The lowest BCUT2D eigenvalue weighted by molar-refractivity contribution is -0.118. The molecule has 124 valence electrons. The van der Waals surface area contributed by atoms with Crippen LogP contribution in [-0.2, 0) is 4.79 Å². The van der Waals surface area contributed by atoms with E-state index in [0.717, 1.165) is 5.75 Å². The number of amides is 1. The van der Waals surface area contributed by atoms with Crippen molar-refractivity contribution in [1.82, 2.24) is 10.2 Å². The zero-order valence-corrected chi connectivity index (χ0v) is 13.6. The molecule has 1 heterocycles. The first-order valence-corrected chi connectivity index (χ1v) is 7.33. The number of methoxy groups -OCH3 is 1. The number of carbonyl (C=O) groups is 1. The van der Waals surface area contributed by atoms with E-state index in [0.29, 0.717) is 30.1 Å². The molecule has 0 fully saturated rings. The molecule has 6 heteroatoms. The molecule has 2 N–H and O–H groups in total. The minimum Gasteiger partial charge on any atom is -0.505 e. The number of nitrogens with zero attached hydrogens (tertiary/aromatic N) is 1. The first kappa shape index (κ1) is 16.7. The molecule has 1 unspecified atom stereocenters. The summed E-state index contributed by atoms with van der Waals surface area (Å²) >= 11 is 0. The lowest BCUT2D eigenvalue weighted by Gasteiger charge is -2.16. The van der Waals surface area contributed by atoms with Crippen LogP contribution in [-0.4, -0.2) is 49.3 Å². The summed E-state index contributed by atoms with van der Waals surface area (Å²) in [5.74, 6) is 1.10. The number of hydrogen-bond donors (Lipinski definition) is 2. The number of carbonyl (C=O) groups excluding carboxylic acids is 1. The smallest absolute Gasteiger partial charge is 0.252 e. The van der Waals surface area contributed by atoms with Gasteiger partial charge in [0.25, 0.3) is 5.91 Å². The largest absolute Gasteiger partial charge is 0.505 e. The van der Waals surface area contributed by atoms with E-state index in [4.69, 9.17) is 9.47 Å². The predicted molar refractivity (Wildman–Crippen MR) is 87.5 cm³/mol. The highest BCUT2D eigenvalue weighted by Gasteiger charge is 2.27. The topological polar surface area (TPSA) is 71.0 Å². The van der Waals surface area contributed by atoms with Gasteiger partial charge in [-0.3, -0.25) is 4.79 Å². The molecule has 0 spiro atoms. The summed E-state index contributed by atoms with van der Waals surface area (Å²) in [6.45, 7) is 6.26. The van der Waals surface area contributed by atoms with E-state index in [-0.39, 0.29) is 17.8 Å². The maximum Gasteiger partial charge on any atom is 0.252 e. The summed E-state index contributed by atoms with van der Waals surface area (Å²) in [4.78, 5) is 13.8. The van der Waals surface area contributed by atoms with Crippen LogP contribution in [0.1, 0.15) is 6.92 Å². The molecule has 1 aromatic carbocycles. The van der Waals surface area contributed by atoms with Gasteiger partial charge in [0, 0.05) is 7.05 Å². The van der Waals surface area contributed by atoms with Crippen LogP contribution in [0.2, 0.25) is 0 Å². The molecule has 1 amide bonds. The van der Waals surface area contributed by atoms with E-state index in [1.54, 1.807) is 31.2 Å². The van der Waals surface area contributed by atoms with Gasteiger partial charge in [0.1, 0.15) is 23.4 Å². The van der Waals surface area contributed by atoms with Crippen molar-refractivity contribution >= 4 is 5.91 Å². The average Bonchev–Trinajstić information content (AvgIpc) is 2.81. The molecule has 23 heavy (non-hydrogen) atoms. The summed E-state index contributed by atoms with van der Waals surface area (Å²) < 4.78 is 10.8. The average molecular weight is 318 g/mol. The third-order valence-corrected chi connectivity index (χ3v) is 3.64. The standard InChI is InChI=1S/C17H22N2O4/c1-11(23-14-7-5-13(22-4)6-8-14)9-18-17(21)15-10-19(3)12(2)16(15)20/h5-8,11,20H,2,9-10H2,1,3-4H3,(H,18,21). The van der Waals surface area contributed by atoms with E-state index in [1.165, 1.54) is 0 Å². The molecule has 1 aromatic rings. The second-order valence-electron chi connectivity index (χ2n) is 5.44. The summed E-state index contributed by atoms with van der Waals surface area (Å²) in [6.07, 6.45) is -0.211. The molecule has 1 aliphatic heterocycles. The van der Waals surface area contributed by atoms with Crippen molar-refractivity contribution in [3.8, 4) is 11.5 Å². The van der Waals surface area contributed by atoms with Gasteiger partial charge < -0.3 is 24.8 Å². The second kappa shape index (κ2) is 7.09. The zero-order valence-electron chi connectivity index (χ0n) is 13.6. The van der Waals surface area contributed by atoms with Crippen molar-refractivity contribution in [3.63, 3.8) is 0 Å². The fourth-order valence-corrected chi connectivity index (χ4v) is 2.21. The van der Waals surface area contributed by atoms with Crippen molar-refractivity contribution in [3.05, 3.63) is 47.9 Å². The van der Waals surface area contributed by atoms with Crippen molar-refractivity contribution < 1.29 is 19.4 Å². The number of benzene rings is 1. The number of rotatable bonds is 6. The molecule has 0 saturated carbocycles. The van der Waals surface area contributed by atoms with Crippen LogP contribution in [0.5, 0.6) is 11.5 Å². The lowest BCUT2D eigenvalue weighted by atomic mass is 10.2. The highest BCUT2D eigenvalue weighted by Crippen LogP contribution is 2.23. The Labute approximate surface area is 136 Å². The van der Waals surface area contributed by atoms with Gasteiger partial charge in [-0.15, -0.1) is 0 Å². The van der Waals surface area contributed by atoms with Crippen LogP contribution < -0.4 is 14.8 Å². The molecular formula is C17H22N2O4. The van der Waals surface area contributed by atoms with E-state index in [2.05, 4.69) is 11.9 Å². The molecule has 1 aliphatic rings. The quantitative estimate of drug-likeness (QED) is 0.837. The van der Waals surface area contributed by atoms with E-state index in [9.17, 15) is 9.90 Å². The SMILES string of the molecule is C=C1C(O)=C(C(=O)NCC(C)Oc2ccc(OC)cc2)CN1C. The molecule has 0 saturated heterocycles. The van der Waals surface area contributed by atoms with Crippen LogP contribution in [0.4, 0.5) is 0 Å². The predicted octanol–water partition coefficient (Wildman–Crippen LogP) is 1.85. The number of ether oxygens (including phenoxy) is 2. The van der Waals surface area contributed by atoms with Gasteiger partial charge in [-0.1, -0.05) is 6.58 Å². The van der Waals surface area contributed by atoms with E-state index >= 15 is 0 Å². The van der Waals surface area contributed by atoms with Crippen LogP contribution in [0, 0.1) is 0 Å². The van der Waals surface area contributed by atoms with Gasteiger partial charge in [0.15, 0.2) is 0 Å². The summed E-state index contributed by atoms with van der Waals surface area (Å²) in [7, 11) is 3.38. The molecular weight excluding hydrogens is 296 g/mol. The van der Waals surface area contributed by atoms with Crippen molar-refractivity contribution in [2.45, 2.75) is 13.0 Å². The highest BCUT2D eigenvalue weighted by molar-refractivity contribution is 5.95. The van der Waals surface area contributed by atoms with Crippen molar-refractivity contribution in [2.75, 3.05) is 27.2 Å². The molecule has 2 rings (SSSR count). The minimum absolute atomic E-state index is 0.0475. The zero-order chi connectivity index (χ0) is 17.0. The third kappa shape index (κ3) is 3.97. The van der Waals surface area contributed by atoms with Gasteiger partial charge in [-0.05, 0) is 31.2 Å². The molecule has 0 bridgehead atoms. The van der Waals surface area contributed by atoms with Crippen LogP contribution in [0.25, 0.3) is 0 Å². The number of likely N-dealkylation sites (N-methyl/N-ethyl adjacent to an activating group) is 1. The van der Waals surface area contributed by atoms with Gasteiger partial charge in [-0.25, -0.2) is 0 Å². The fourth-order valence-electron chi connectivity index (χ4n) is 2.21. The molecule has 1 atom stereocenters. The third-order valence-electron chi connectivity index (χ3n) is 3.64. The fraction of sp³-hybridized carbons (Fsp3) is 0.353. The molecule has 6 nitrogen and oxygen atoms in total.